The summed E-state index contributed by atoms with van der Waals surface area (Å²) in [5.74, 6) is -1.10. The van der Waals surface area contributed by atoms with Gasteiger partial charge < -0.3 is 5.11 Å². The summed E-state index contributed by atoms with van der Waals surface area (Å²) in [4.78, 5) is 10.8. The van der Waals surface area contributed by atoms with Gasteiger partial charge in [-0.1, -0.05) is 6.07 Å². The lowest BCUT2D eigenvalue weighted by atomic mass is 10.2. The van der Waals surface area contributed by atoms with Crippen LogP contribution in [0.3, 0.4) is 0 Å². The first kappa shape index (κ1) is 14.5. The zero-order valence-electron chi connectivity index (χ0n) is 10.4. The van der Waals surface area contributed by atoms with Crippen molar-refractivity contribution in [1.82, 2.24) is 4.31 Å². The van der Waals surface area contributed by atoms with Crippen LogP contribution >= 0.6 is 0 Å². The van der Waals surface area contributed by atoms with E-state index < -0.39 is 16.2 Å². The van der Waals surface area contributed by atoms with E-state index in [1.54, 1.807) is 13.8 Å². The summed E-state index contributed by atoms with van der Waals surface area (Å²) in [6, 6.07) is 5.46. The Morgan fingerprint density at radius 2 is 2.00 bits per heavy atom. The molecule has 0 aliphatic rings. The van der Waals surface area contributed by atoms with Crippen molar-refractivity contribution in [1.29, 1.82) is 0 Å². The van der Waals surface area contributed by atoms with Gasteiger partial charge >= 0.3 is 16.2 Å². The van der Waals surface area contributed by atoms with E-state index in [9.17, 15) is 13.2 Å². The molecule has 0 saturated heterocycles. The third-order valence-electron chi connectivity index (χ3n) is 2.46. The molecule has 1 aromatic rings. The fourth-order valence-electron chi connectivity index (χ4n) is 1.21. The molecule has 1 rings (SSSR count). The van der Waals surface area contributed by atoms with Gasteiger partial charge in [0.05, 0.1) is 11.3 Å². The van der Waals surface area contributed by atoms with E-state index in [-0.39, 0.29) is 17.3 Å². The van der Waals surface area contributed by atoms with Crippen molar-refractivity contribution >= 4 is 21.9 Å². The van der Waals surface area contributed by atoms with Gasteiger partial charge in [0.1, 0.15) is 0 Å². The highest BCUT2D eigenvalue weighted by Crippen LogP contribution is 2.14. The number of benzene rings is 1. The molecule has 0 unspecified atom stereocenters. The van der Waals surface area contributed by atoms with E-state index in [1.807, 2.05) is 0 Å². The standard InChI is InChI=1S/C11H16N2O4S/c1-8(2)13(3)18(16,17)12-10-6-4-5-9(7-10)11(14)15/h4-8,12H,1-3H3,(H,14,15). The average Bonchev–Trinajstić information content (AvgIpc) is 2.27. The van der Waals surface area contributed by atoms with Crippen molar-refractivity contribution < 1.29 is 18.3 Å². The number of nitrogens with zero attached hydrogens (tertiary/aromatic N) is 1. The smallest absolute Gasteiger partial charge is 0.335 e. The summed E-state index contributed by atoms with van der Waals surface area (Å²) >= 11 is 0. The number of nitrogens with one attached hydrogen (secondary N) is 1. The van der Waals surface area contributed by atoms with Gasteiger partial charge in [-0.25, -0.2) is 4.79 Å². The van der Waals surface area contributed by atoms with Gasteiger partial charge in [-0.3, -0.25) is 4.72 Å². The lowest BCUT2D eigenvalue weighted by Gasteiger charge is -2.21. The molecule has 0 fully saturated rings. The lowest BCUT2D eigenvalue weighted by Crippen LogP contribution is -2.37. The van der Waals surface area contributed by atoms with Gasteiger partial charge in [-0.2, -0.15) is 12.7 Å². The molecular formula is C11H16N2O4S. The first-order chi connectivity index (χ1) is 8.24. The molecule has 7 heteroatoms. The molecule has 0 aliphatic heterocycles. The maximum atomic E-state index is 11.9. The summed E-state index contributed by atoms with van der Waals surface area (Å²) in [5.41, 5.74) is 0.254. The Morgan fingerprint density at radius 1 is 1.39 bits per heavy atom. The Kier molecular flexibility index (Phi) is 4.31. The van der Waals surface area contributed by atoms with Crippen LogP contribution in [0.15, 0.2) is 24.3 Å². The SMILES string of the molecule is CC(C)N(C)S(=O)(=O)Nc1cccc(C(=O)O)c1. The minimum absolute atomic E-state index is 0.0300. The van der Waals surface area contributed by atoms with Gasteiger partial charge in [-0.15, -0.1) is 0 Å². The number of anilines is 1. The molecular weight excluding hydrogens is 256 g/mol. The number of hydrogen-bond donors (Lipinski definition) is 2. The Morgan fingerprint density at radius 3 is 2.50 bits per heavy atom. The molecule has 0 saturated carbocycles. The molecule has 0 aliphatic carbocycles. The number of carboxylic acids is 1. The van der Waals surface area contributed by atoms with E-state index in [1.165, 1.54) is 35.6 Å². The Hall–Kier alpha value is -1.60. The van der Waals surface area contributed by atoms with Crippen LogP contribution in [0.1, 0.15) is 24.2 Å². The number of rotatable bonds is 5. The Labute approximate surface area is 106 Å². The largest absolute Gasteiger partial charge is 0.478 e. The second-order valence-corrected chi connectivity index (χ2v) is 5.83. The van der Waals surface area contributed by atoms with Crippen LogP contribution in [0.25, 0.3) is 0 Å². The fourth-order valence-corrected chi connectivity index (χ4v) is 2.34. The monoisotopic (exact) mass is 272 g/mol. The molecule has 100 valence electrons. The zero-order chi connectivity index (χ0) is 13.9. The molecule has 1 aromatic carbocycles. The van der Waals surface area contributed by atoms with Crippen molar-refractivity contribution in [3.8, 4) is 0 Å². The summed E-state index contributed by atoms with van der Waals surface area (Å²) in [6.07, 6.45) is 0. The van der Waals surface area contributed by atoms with E-state index in [4.69, 9.17) is 5.11 Å². The third-order valence-corrected chi connectivity index (χ3v) is 4.14. The molecule has 0 amide bonds. The normalized spacial score (nSPS) is 11.8. The Bertz CT molecular complexity index is 540. The quantitative estimate of drug-likeness (QED) is 0.847. The van der Waals surface area contributed by atoms with Gasteiger partial charge in [0.2, 0.25) is 0 Å². The van der Waals surface area contributed by atoms with E-state index in [0.717, 1.165) is 0 Å². The van der Waals surface area contributed by atoms with E-state index >= 15 is 0 Å². The molecule has 18 heavy (non-hydrogen) atoms. The molecule has 0 aromatic heterocycles. The van der Waals surface area contributed by atoms with Gasteiger partial charge in [0, 0.05) is 13.1 Å². The second-order valence-electron chi connectivity index (χ2n) is 4.10. The van der Waals surface area contributed by atoms with Crippen LogP contribution in [0.2, 0.25) is 0 Å². The van der Waals surface area contributed by atoms with E-state index in [0.29, 0.717) is 0 Å². The van der Waals surface area contributed by atoms with Crippen LogP contribution in [0.5, 0.6) is 0 Å². The number of carbonyl (C=O) groups is 1. The highest BCUT2D eigenvalue weighted by Gasteiger charge is 2.20. The number of carboxylic acid groups (broad SMARTS) is 1. The summed E-state index contributed by atoms with van der Waals surface area (Å²) in [6.45, 7) is 3.49. The predicted molar refractivity (Wildman–Crippen MR) is 68.8 cm³/mol. The van der Waals surface area contributed by atoms with Crippen LogP contribution in [0.4, 0.5) is 5.69 Å². The fraction of sp³-hybridized carbons (Fsp3) is 0.364. The minimum atomic E-state index is -3.66. The van der Waals surface area contributed by atoms with Crippen molar-refractivity contribution in [3.05, 3.63) is 29.8 Å². The van der Waals surface area contributed by atoms with Crippen LogP contribution in [0, 0.1) is 0 Å². The van der Waals surface area contributed by atoms with Gasteiger partial charge in [0.15, 0.2) is 0 Å². The topological polar surface area (TPSA) is 86.7 Å². The molecule has 0 spiro atoms. The van der Waals surface area contributed by atoms with Crippen molar-refractivity contribution in [2.45, 2.75) is 19.9 Å². The third kappa shape index (κ3) is 3.44. The maximum absolute atomic E-state index is 11.9. The molecule has 0 bridgehead atoms. The Balaban J connectivity index is 2.98. The van der Waals surface area contributed by atoms with E-state index in [2.05, 4.69) is 4.72 Å². The maximum Gasteiger partial charge on any atom is 0.335 e. The van der Waals surface area contributed by atoms with Gasteiger partial charge in [-0.05, 0) is 32.0 Å². The molecule has 0 radical (unpaired) electrons. The van der Waals surface area contributed by atoms with Crippen molar-refractivity contribution in [2.24, 2.45) is 0 Å². The predicted octanol–water partition coefficient (Wildman–Crippen LogP) is 1.38. The highest BCUT2D eigenvalue weighted by molar-refractivity contribution is 7.90. The average molecular weight is 272 g/mol. The summed E-state index contributed by atoms with van der Waals surface area (Å²) < 4.78 is 27.3. The van der Waals surface area contributed by atoms with Crippen LogP contribution in [-0.4, -0.2) is 36.9 Å². The van der Waals surface area contributed by atoms with Crippen molar-refractivity contribution in [3.63, 3.8) is 0 Å². The summed E-state index contributed by atoms with van der Waals surface area (Å²) in [5, 5.41) is 8.82. The lowest BCUT2D eigenvalue weighted by molar-refractivity contribution is 0.0697. The van der Waals surface area contributed by atoms with Crippen LogP contribution < -0.4 is 4.72 Å². The molecule has 0 heterocycles. The summed E-state index contributed by atoms with van der Waals surface area (Å²) in [7, 11) is -2.21. The number of hydrogen-bond acceptors (Lipinski definition) is 3. The molecule has 2 N–H and O–H groups in total. The number of aromatic carboxylic acids is 1. The van der Waals surface area contributed by atoms with Gasteiger partial charge in [0.25, 0.3) is 0 Å². The van der Waals surface area contributed by atoms with Crippen molar-refractivity contribution in [2.75, 3.05) is 11.8 Å². The molecule has 6 nitrogen and oxygen atoms in total. The minimum Gasteiger partial charge on any atom is -0.478 e. The first-order valence-electron chi connectivity index (χ1n) is 5.33. The molecule has 0 atom stereocenters. The second kappa shape index (κ2) is 5.36. The zero-order valence-corrected chi connectivity index (χ0v) is 11.2. The highest BCUT2D eigenvalue weighted by atomic mass is 32.2. The van der Waals surface area contributed by atoms with Crippen LogP contribution in [-0.2, 0) is 10.2 Å². The first-order valence-corrected chi connectivity index (χ1v) is 6.77.